The summed E-state index contributed by atoms with van der Waals surface area (Å²) in [6.07, 6.45) is 2.48. The minimum atomic E-state index is -0.894. The van der Waals surface area contributed by atoms with Crippen LogP contribution in [0, 0.1) is 0 Å². The number of aliphatic hydroxyl groups excluding tert-OH is 1. The van der Waals surface area contributed by atoms with E-state index in [0.717, 1.165) is 12.8 Å². The van der Waals surface area contributed by atoms with Crippen molar-refractivity contribution < 1.29 is 9.90 Å². The normalized spacial score (nSPS) is 16.4. The molecule has 0 aliphatic heterocycles. The Morgan fingerprint density at radius 1 is 1.36 bits per heavy atom. The molecule has 1 unspecified atom stereocenters. The molecule has 1 N–H and O–H groups in total. The van der Waals surface area contributed by atoms with Gasteiger partial charge in [0, 0.05) is 5.56 Å². The number of hydrogen-bond donors (Lipinski definition) is 1. The van der Waals surface area contributed by atoms with Crippen molar-refractivity contribution in [3.63, 3.8) is 0 Å². The van der Waals surface area contributed by atoms with Crippen molar-refractivity contribution in [2.24, 2.45) is 0 Å². The van der Waals surface area contributed by atoms with Crippen molar-refractivity contribution in [2.75, 3.05) is 0 Å². The number of hydrogen-bond acceptors (Lipinski definition) is 2. The lowest BCUT2D eigenvalue weighted by Crippen LogP contribution is -2.16. The molecular formula is C12H14O2. The minimum Gasteiger partial charge on any atom is -0.385 e. The molecule has 0 radical (unpaired) electrons. The molecule has 2 heteroatoms. The van der Waals surface area contributed by atoms with Gasteiger partial charge in [-0.15, -0.1) is 0 Å². The first-order valence-electron chi connectivity index (χ1n) is 5.02. The maximum Gasteiger partial charge on any atom is 0.190 e. The van der Waals surface area contributed by atoms with E-state index in [4.69, 9.17) is 0 Å². The van der Waals surface area contributed by atoms with Gasteiger partial charge >= 0.3 is 0 Å². The molecule has 1 aliphatic carbocycles. The summed E-state index contributed by atoms with van der Waals surface area (Å²) in [6.45, 7) is 1.51. The highest BCUT2D eigenvalue weighted by Gasteiger charge is 2.16. The Kier molecular flexibility index (Phi) is 2.38. The lowest BCUT2D eigenvalue weighted by Gasteiger charge is -2.05. The number of aliphatic hydroxyl groups is 1. The molecule has 1 aliphatic rings. The van der Waals surface area contributed by atoms with E-state index in [0.29, 0.717) is 5.56 Å². The molecule has 1 aromatic carbocycles. The summed E-state index contributed by atoms with van der Waals surface area (Å²) in [5, 5.41) is 9.17. The summed E-state index contributed by atoms with van der Waals surface area (Å²) in [7, 11) is 0. The molecule has 14 heavy (non-hydrogen) atoms. The standard InChI is InChI=1S/C12H14O2/c1-8(13)12(14)11-6-5-9-3-2-4-10(9)7-11/h5-8,13H,2-4H2,1H3. The van der Waals surface area contributed by atoms with Gasteiger partial charge in [0.05, 0.1) is 0 Å². The van der Waals surface area contributed by atoms with Gasteiger partial charge in [-0.3, -0.25) is 4.79 Å². The quantitative estimate of drug-likeness (QED) is 0.721. The lowest BCUT2D eigenvalue weighted by atomic mass is 10.0. The smallest absolute Gasteiger partial charge is 0.190 e. The number of rotatable bonds is 2. The second-order valence-corrected chi connectivity index (χ2v) is 3.88. The molecule has 0 bridgehead atoms. The highest BCUT2D eigenvalue weighted by molar-refractivity contribution is 5.99. The van der Waals surface area contributed by atoms with Gasteiger partial charge in [0.1, 0.15) is 6.10 Å². The van der Waals surface area contributed by atoms with Gasteiger partial charge in [0.2, 0.25) is 0 Å². The molecule has 2 nitrogen and oxygen atoms in total. The van der Waals surface area contributed by atoms with Crippen LogP contribution in [0.4, 0.5) is 0 Å². The number of benzene rings is 1. The number of carbonyl (C=O) groups excluding carboxylic acids is 1. The van der Waals surface area contributed by atoms with E-state index in [1.807, 2.05) is 18.2 Å². The van der Waals surface area contributed by atoms with Crippen LogP contribution in [0.5, 0.6) is 0 Å². The molecule has 0 fully saturated rings. The molecule has 74 valence electrons. The summed E-state index contributed by atoms with van der Waals surface area (Å²) in [5.74, 6) is -0.181. The fraction of sp³-hybridized carbons (Fsp3) is 0.417. The Hall–Kier alpha value is -1.15. The predicted octanol–water partition coefficient (Wildman–Crippen LogP) is 1.74. The van der Waals surface area contributed by atoms with Crippen molar-refractivity contribution in [2.45, 2.75) is 32.3 Å². The Labute approximate surface area is 83.6 Å². The zero-order valence-corrected chi connectivity index (χ0v) is 8.29. The zero-order valence-electron chi connectivity index (χ0n) is 8.29. The third-order valence-corrected chi connectivity index (χ3v) is 2.76. The van der Waals surface area contributed by atoms with E-state index < -0.39 is 6.10 Å². The van der Waals surface area contributed by atoms with Gasteiger partial charge in [-0.25, -0.2) is 0 Å². The molecule has 1 atom stereocenters. The van der Waals surface area contributed by atoms with Crippen LogP contribution in [0.3, 0.4) is 0 Å². The second-order valence-electron chi connectivity index (χ2n) is 3.88. The van der Waals surface area contributed by atoms with E-state index in [1.54, 1.807) is 0 Å². The van der Waals surface area contributed by atoms with Gasteiger partial charge in [-0.2, -0.15) is 0 Å². The Bertz CT molecular complexity index is 367. The first-order chi connectivity index (χ1) is 6.68. The number of aryl methyl sites for hydroxylation is 2. The average molecular weight is 190 g/mol. The molecule has 2 rings (SSSR count). The van der Waals surface area contributed by atoms with Crippen molar-refractivity contribution >= 4 is 5.78 Å². The molecule has 0 aromatic heterocycles. The maximum absolute atomic E-state index is 11.5. The number of Topliss-reactive ketones (excluding diaryl/α,β-unsaturated/α-hetero) is 1. The SMILES string of the molecule is CC(O)C(=O)c1ccc2c(c1)CCC2. The maximum atomic E-state index is 11.5. The number of fused-ring (bicyclic) bond motifs is 1. The highest BCUT2D eigenvalue weighted by Crippen LogP contribution is 2.23. The number of carbonyl (C=O) groups is 1. The summed E-state index contributed by atoms with van der Waals surface area (Å²) < 4.78 is 0. The molecule has 0 saturated heterocycles. The van der Waals surface area contributed by atoms with Crippen LogP contribution in [0.15, 0.2) is 18.2 Å². The Morgan fingerprint density at radius 2 is 2.07 bits per heavy atom. The molecular weight excluding hydrogens is 176 g/mol. The number of ketones is 1. The van der Waals surface area contributed by atoms with Crippen LogP contribution in [-0.2, 0) is 12.8 Å². The second kappa shape index (κ2) is 3.54. The highest BCUT2D eigenvalue weighted by atomic mass is 16.3. The monoisotopic (exact) mass is 190 g/mol. The van der Waals surface area contributed by atoms with Gasteiger partial charge in [-0.05, 0) is 43.4 Å². The topological polar surface area (TPSA) is 37.3 Å². The molecule has 1 aromatic rings. The fourth-order valence-corrected chi connectivity index (χ4v) is 1.97. The molecule has 0 saturated carbocycles. The van der Waals surface area contributed by atoms with E-state index in [2.05, 4.69) is 0 Å². The van der Waals surface area contributed by atoms with Crippen molar-refractivity contribution in [1.82, 2.24) is 0 Å². The summed E-state index contributed by atoms with van der Waals surface area (Å²) in [4.78, 5) is 11.5. The van der Waals surface area contributed by atoms with Crippen LogP contribution >= 0.6 is 0 Å². The summed E-state index contributed by atoms with van der Waals surface area (Å²) in [6, 6.07) is 5.76. The first-order valence-corrected chi connectivity index (χ1v) is 5.02. The Morgan fingerprint density at radius 3 is 2.79 bits per heavy atom. The average Bonchev–Trinajstić information content (AvgIpc) is 2.62. The van der Waals surface area contributed by atoms with Gasteiger partial charge in [0.15, 0.2) is 5.78 Å². The van der Waals surface area contributed by atoms with E-state index >= 15 is 0 Å². The van der Waals surface area contributed by atoms with Crippen LogP contribution in [0.2, 0.25) is 0 Å². The predicted molar refractivity (Wildman–Crippen MR) is 54.5 cm³/mol. The third-order valence-electron chi connectivity index (χ3n) is 2.76. The largest absolute Gasteiger partial charge is 0.385 e. The van der Waals surface area contributed by atoms with E-state index in [9.17, 15) is 9.90 Å². The minimum absolute atomic E-state index is 0.181. The van der Waals surface area contributed by atoms with Crippen molar-refractivity contribution in [3.05, 3.63) is 34.9 Å². The van der Waals surface area contributed by atoms with Crippen LogP contribution in [0.25, 0.3) is 0 Å². The fourth-order valence-electron chi connectivity index (χ4n) is 1.97. The molecule has 0 heterocycles. The summed E-state index contributed by atoms with van der Waals surface area (Å²) >= 11 is 0. The summed E-state index contributed by atoms with van der Waals surface area (Å²) in [5.41, 5.74) is 3.27. The lowest BCUT2D eigenvalue weighted by molar-refractivity contribution is 0.0779. The molecule has 0 spiro atoms. The van der Waals surface area contributed by atoms with Crippen LogP contribution in [-0.4, -0.2) is 17.0 Å². The first kappa shape index (κ1) is 9.41. The zero-order chi connectivity index (χ0) is 10.1. The molecule has 0 amide bonds. The van der Waals surface area contributed by atoms with Crippen molar-refractivity contribution in [1.29, 1.82) is 0 Å². The van der Waals surface area contributed by atoms with Crippen LogP contribution < -0.4 is 0 Å². The van der Waals surface area contributed by atoms with Crippen LogP contribution in [0.1, 0.15) is 34.8 Å². The van der Waals surface area contributed by atoms with Gasteiger partial charge < -0.3 is 5.11 Å². The van der Waals surface area contributed by atoms with Crippen molar-refractivity contribution in [3.8, 4) is 0 Å². The van der Waals surface area contributed by atoms with E-state index in [-0.39, 0.29) is 5.78 Å². The van der Waals surface area contributed by atoms with Gasteiger partial charge in [-0.1, -0.05) is 12.1 Å². The van der Waals surface area contributed by atoms with E-state index in [1.165, 1.54) is 24.5 Å². The third kappa shape index (κ3) is 1.58. The Balaban J connectivity index is 2.33. The van der Waals surface area contributed by atoms with Gasteiger partial charge in [0.25, 0.3) is 0 Å².